The average molecular weight is 385 g/mol. The van der Waals surface area contributed by atoms with Gasteiger partial charge in [0.25, 0.3) is 5.91 Å². The Kier molecular flexibility index (Phi) is 5.37. The number of rotatable bonds is 4. The average Bonchev–Trinajstić information content (AvgIpc) is 2.61. The highest BCUT2D eigenvalue weighted by Gasteiger charge is 2.13. The largest absolute Gasteiger partial charge is 0.324 e. The van der Waals surface area contributed by atoms with Gasteiger partial charge < -0.3 is 10.6 Å². The quantitative estimate of drug-likeness (QED) is 0.649. The van der Waals surface area contributed by atoms with Crippen molar-refractivity contribution in [2.45, 2.75) is 20.8 Å². The van der Waals surface area contributed by atoms with Gasteiger partial charge in [-0.15, -0.1) is 0 Å². The molecule has 7 heteroatoms. The van der Waals surface area contributed by atoms with Crippen LogP contribution in [0.4, 0.5) is 21.7 Å². The van der Waals surface area contributed by atoms with Crippen LogP contribution in [0.2, 0.25) is 5.02 Å². The number of carbonyl (C=O) groups is 1. The Morgan fingerprint density at radius 3 is 2.56 bits per heavy atom. The molecule has 5 nitrogen and oxygen atoms in total. The van der Waals surface area contributed by atoms with Gasteiger partial charge in [0.05, 0.1) is 5.02 Å². The molecular formula is C20H18ClFN4O. The summed E-state index contributed by atoms with van der Waals surface area (Å²) >= 11 is 5.75. The lowest BCUT2D eigenvalue weighted by Gasteiger charge is -2.11. The maximum atomic E-state index is 13.3. The third-order valence-electron chi connectivity index (χ3n) is 3.90. The second kappa shape index (κ2) is 7.72. The third kappa shape index (κ3) is 4.60. The fourth-order valence-electron chi connectivity index (χ4n) is 2.50. The Hall–Kier alpha value is -2.99. The van der Waals surface area contributed by atoms with Crippen molar-refractivity contribution in [3.8, 4) is 0 Å². The minimum Gasteiger partial charge on any atom is -0.324 e. The van der Waals surface area contributed by atoms with E-state index in [-0.39, 0.29) is 10.7 Å². The monoisotopic (exact) mass is 384 g/mol. The number of anilines is 3. The number of nitrogens with zero attached hydrogens (tertiary/aromatic N) is 2. The highest BCUT2D eigenvalue weighted by Crippen LogP contribution is 2.22. The molecule has 138 valence electrons. The third-order valence-corrected chi connectivity index (χ3v) is 4.19. The van der Waals surface area contributed by atoms with Gasteiger partial charge in [-0.2, -0.15) is 0 Å². The molecule has 3 aromatic rings. The predicted molar refractivity (Wildman–Crippen MR) is 105 cm³/mol. The zero-order valence-electron chi connectivity index (χ0n) is 15.1. The van der Waals surface area contributed by atoms with Gasteiger partial charge in [-0.1, -0.05) is 23.7 Å². The number of carbonyl (C=O) groups excluding carboxylic acids is 1. The van der Waals surface area contributed by atoms with Crippen molar-refractivity contribution in [2.24, 2.45) is 0 Å². The number of benzene rings is 2. The topological polar surface area (TPSA) is 66.9 Å². The van der Waals surface area contributed by atoms with Crippen molar-refractivity contribution in [1.29, 1.82) is 0 Å². The standard InChI is InChI=1S/C20H18ClFN4O/c1-11-4-5-12(2)17(8-11)25-20-23-13(3)9-18(26-20)19(27)24-14-6-7-16(22)15(21)10-14/h4-10H,1-3H3,(H,24,27)(H,23,25,26). The summed E-state index contributed by atoms with van der Waals surface area (Å²) in [6, 6.07) is 11.6. The van der Waals surface area contributed by atoms with Crippen LogP contribution in [0.3, 0.4) is 0 Å². The lowest BCUT2D eigenvalue weighted by atomic mass is 10.1. The summed E-state index contributed by atoms with van der Waals surface area (Å²) in [4.78, 5) is 21.2. The molecule has 27 heavy (non-hydrogen) atoms. The van der Waals surface area contributed by atoms with Gasteiger partial charge in [0.15, 0.2) is 0 Å². The number of amides is 1. The molecule has 1 aromatic heterocycles. The molecule has 0 saturated carbocycles. The van der Waals surface area contributed by atoms with Crippen LogP contribution in [0.15, 0.2) is 42.5 Å². The smallest absolute Gasteiger partial charge is 0.274 e. The molecule has 1 heterocycles. The molecule has 0 bridgehead atoms. The minimum absolute atomic E-state index is 0.0658. The van der Waals surface area contributed by atoms with E-state index in [2.05, 4.69) is 20.6 Å². The van der Waals surface area contributed by atoms with Gasteiger partial charge in [0.1, 0.15) is 11.5 Å². The van der Waals surface area contributed by atoms with Crippen molar-refractivity contribution >= 4 is 34.8 Å². The van der Waals surface area contributed by atoms with E-state index in [1.807, 2.05) is 32.0 Å². The Balaban J connectivity index is 1.84. The second-order valence-corrected chi connectivity index (χ2v) is 6.65. The van der Waals surface area contributed by atoms with E-state index in [9.17, 15) is 9.18 Å². The molecule has 0 spiro atoms. The summed E-state index contributed by atoms with van der Waals surface area (Å²) in [5.74, 6) is -0.661. The molecule has 0 fully saturated rings. The lowest BCUT2D eigenvalue weighted by molar-refractivity contribution is 0.102. The van der Waals surface area contributed by atoms with Gasteiger partial charge >= 0.3 is 0 Å². The molecule has 3 rings (SSSR count). The SMILES string of the molecule is Cc1ccc(C)c(Nc2nc(C)cc(C(=O)Nc3ccc(F)c(Cl)c3)n2)c1. The minimum atomic E-state index is -0.549. The lowest BCUT2D eigenvalue weighted by Crippen LogP contribution is -2.15. The van der Waals surface area contributed by atoms with Crippen LogP contribution in [-0.4, -0.2) is 15.9 Å². The van der Waals surface area contributed by atoms with Gasteiger partial charge in [0, 0.05) is 17.1 Å². The molecule has 0 aliphatic heterocycles. The van der Waals surface area contributed by atoms with Crippen LogP contribution in [-0.2, 0) is 0 Å². The zero-order chi connectivity index (χ0) is 19.6. The Morgan fingerprint density at radius 1 is 1.04 bits per heavy atom. The summed E-state index contributed by atoms with van der Waals surface area (Å²) in [6.07, 6.45) is 0. The first-order valence-corrected chi connectivity index (χ1v) is 8.66. The molecule has 0 aliphatic carbocycles. The van der Waals surface area contributed by atoms with Crippen LogP contribution in [0.25, 0.3) is 0 Å². The van der Waals surface area contributed by atoms with Crippen LogP contribution < -0.4 is 10.6 Å². The van der Waals surface area contributed by atoms with E-state index < -0.39 is 11.7 Å². The first kappa shape index (κ1) is 18.8. The number of halogens is 2. The fourth-order valence-corrected chi connectivity index (χ4v) is 2.68. The van der Waals surface area contributed by atoms with E-state index in [0.717, 1.165) is 16.8 Å². The molecular weight excluding hydrogens is 367 g/mol. The van der Waals surface area contributed by atoms with Gasteiger partial charge in [0.2, 0.25) is 5.95 Å². The Morgan fingerprint density at radius 2 is 1.81 bits per heavy atom. The summed E-state index contributed by atoms with van der Waals surface area (Å²) in [5, 5.41) is 5.75. The summed E-state index contributed by atoms with van der Waals surface area (Å²) in [7, 11) is 0. The van der Waals surface area contributed by atoms with Crippen molar-refractivity contribution in [2.75, 3.05) is 10.6 Å². The molecule has 0 radical (unpaired) electrons. The molecule has 2 N–H and O–H groups in total. The van der Waals surface area contributed by atoms with E-state index in [1.165, 1.54) is 18.2 Å². The zero-order valence-corrected chi connectivity index (χ0v) is 15.9. The highest BCUT2D eigenvalue weighted by atomic mass is 35.5. The van der Waals surface area contributed by atoms with Crippen molar-refractivity contribution in [1.82, 2.24) is 9.97 Å². The molecule has 0 aliphatic rings. The highest BCUT2D eigenvalue weighted by molar-refractivity contribution is 6.31. The van der Waals surface area contributed by atoms with E-state index in [0.29, 0.717) is 17.3 Å². The van der Waals surface area contributed by atoms with E-state index in [1.54, 1.807) is 13.0 Å². The van der Waals surface area contributed by atoms with Crippen molar-refractivity contribution in [3.05, 3.63) is 75.8 Å². The van der Waals surface area contributed by atoms with Crippen LogP contribution in [0, 0.1) is 26.6 Å². The first-order valence-electron chi connectivity index (χ1n) is 8.28. The van der Waals surface area contributed by atoms with Gasteiger partial charge in [-0.05, 0) is 62.2 Å². The Labute approximate surface area is 161 Å². The number of hydrogen-bond acceptors (Lipinski definition) is 4. The summed E-state index contributed by atoms with van der Waals surface area (Å²) < 4.78 is 13.3. The number of nitrogens with one attached hydrogen (secondary N) is 2. The van der Waals surface area contributed by atoms with Gasteiger partial charge in [-0.3, -0.25) is 4.79 Å². The normalized spacial score (nSPS) is 10.6. The number of aryl methyl sites for hydroxylation is 3. The summed E-state index contributed by atoms with van der Waals surface area (Å²) in [5.41, 5.74) is 4.22. The maximum Gasteiger partial charge on any atom is 0.274 e. The summed E-state index contributed by atoms with van der Waals surface area (Å²) in [6.45, 7) is 5.75. The molecule has 0 unspecified atom stereocenters. The van der Waals surface area contributed by atoms with E-state index in [4.69, 9.17) is 11.6 Å². The van der Waals surface area contributed by atoms with Crippen molar-refractivity contribution < 1.29 is 9.18 Å². The molecule has 0 atom stereocenters. The predicted octanol–water partition coefficient (Wildman–Crippen LogP) is 5.19. The molecule has 2 aromatic carbocycles. The molecule has 1 amide bonds. The Bertz CT molecular complexity index is 1020. The second-order valence-electron chi connectivity index (χ2n) is 6.24. The van der Waals surface area contributed by atoms with Crippen LogP contribution in [0.1, 0.15) is 27.3 Å². The van der Waals surface area contributed by atoms with Gasteiger partial charge in [-0.25, -0.2) is 14.4 Å². The maximum absolute atomic E-state index is 13.3. The molecule has 0 saturated heterocycles. The number of aromatic nitrogens is 2. The van der Waals surface area contributed by atoms with E-state index >= 15 is 0 Å². The number of hydrogen-bond donors (Lipinski definition) is 2. The fraction of sp³-hybridized carbons (Fsp3) is 0.150. The van der Waals surface area contributed by atoms with Crippen LogP contribution >= 0.6 is 11.6 Å². The first-order chi connectivity index (χ1) is 12.8. The van der Waals surface area contributed by atoms with Crippen LogP contribution in [0.5, 0.6) is 0 Å². The van der Waals surface area contributed by atoms with Crippen molar-refractivity contribution in [3.63, 3.8) is 0 Å².